The Kier molecular flexibility index (Phi) is 6.79. The maximum atomic E-state index is 13.4. The zero-order chi connectivity index (χ0) is 26.8. The van der Waals surface area contributed by atoms with Crippen molar-refractivity contribution in [2.75, 3.05) is 11.5 Å². The molecule has 1 aromatic heterocycles. The van der Waals surface area contributed by atoms with Gasteiger partial charge in [0, 0.05) is 29.2 Å². The molecular formula is C30H26FN3O4. The van der Waals surface area contributed by atoms with Gasteiger partial charge in [0.05, 0.1) is 12.3 Å². The fourth-order valence-corrected chi connectivity index (χ4v) is 4.59. The second-order valence-corrected chi connectivity index (χ2v) is 9.20. The number of para-hydroxylation sites is 1. The highest BCUT2D eigenvalue weighted by atomic mass is 19.1. The number of carbonyl (C=O) groups excluding carboxylic acids is 3. The molecule has 0 bridgehead atoms. The van der Waals surface area contributed by atoms with Crippen molar-refractivity contribution in [2.24, 2.45) is 0 Å². The first-order valence-corrected chi connectivity index (χ1v) is 12.3. The third kappa shape index (κ3) is 4.93. The topological polar surface area (TPSA) is 80.6 Å². The monoisotopic (exact) mass is 511 g/mol. The Bertz CT molecular complexity index is 1590. The molecule has 1 saturated heterocycles. The third-order valence-electron chi connectivity index (χ3n) is 6.44. The highest BCUT2D eigenvalue weighted by molar-refractivity contribution is 6.39. The molecule has 2 heterocycles. The lowest BCUT2D eigenvalue weighted by atomic mass is 10.1. The Balaban J connectivity index is 1.39. The van der Waals surface area contributed by atoms with Gasteiger partial charge in [0.1, 0.15) is 17.1 Å². The van der Waals surface area contributed by atoms with Crippen LogP contribution in [0.1, 0.15) is 23.1 Å². The molecule has 0 spiro atoms. The van der Waals surface area contributed by atoms with Crippen LogP contribution in [0.15, 0.2) is 78.5 Å². The van der Waals surface area contributed by atoms with Gasteiger partial charge in [-0.3, -0.25) is 14.9 Å². The van der Waals surface area contributed by atoms with Crippen LogP contribution in [0.2, 0.25) is 0 Å². The Labute approximate surface area is 219 Å². The van der Waals surface area contributed by atoms with E-state index in [0.717, 1.165) is 45.7 Å². The number of carbonyl (C=O) groups is 3. The van der Waals surface area contributed by atoms with Gasteiger partial charge in [-0.15, -0.1) is 0 Å². The zero-order valence-electron chi connectivity index (χ0n) is 21.0. The summed E-state index contributed by atoms with van der Waals surface area (Å²) in [6.07, 6.45) is 4.12. The molecule has 0 atom stereocenters. The summed E-state index contributed by atoms with van der Waals surface area (Å²) < 4.78 is 21.4. The first-order valence-electron chi connectivity index (χ1n) is 12.3. The fourth-order valence-electron chi connectivity index (χ4n) is 4.59. The molecule has 1 fully saturated rings. The number of nitrogens with zero attached hydrogens (tertiary/aromatic N) is 2. The number of benzene rings is 3. The highest BCUT2D eigenvalue weighted by Gasteiger charge is 2.37. The number of hydrogen-bond donors (Lipinski definition) is 1. The third-order valence-corrected chi connectivity index (χ3v) is 6.44. The van der Waals surface area contributed by atoms with E-state index < -0.39 is 23.7 Å². The van der Waals surface area contributed by atoms with Crippen LogP contribution >= 0.6 is 0 Å². The molecule has 38 heavy (non-hydrogen) atoms. The second-order valence-electron chi connectivity index (χ2n) is 9.20. The normalized spacial score (nSPS) is 14.9. The number of halogens is 1. The van der Waals surface area contributed by atoms with Gasteiger partial charge < -0.3 is 9.30 Å². The molecule has 0 aliphatic carbocycles. The summed E-state index contributed by atoms with van der Waals surface area (Å²) in [7, 11) is 0. The number of urea groups is 1. The minimum Gasteiger partial charge on any atom is -0.493 e. The smallest absolute Gasteiger partial charge is 0.335 e. The highest BCUT2D eigenvalue weighted by Crippen LogP contribution is 2.27. The molecule has 0 radical (unpaired) electrons. The summed E-state index contributed by atoms with van der Waals surface area (Å²) in [6, 6.07) is 17.8. The van der Waals surface area contributed by atoms with E-state index in [9.17, 15) is 18.8 Å². The molecule has 8 heteroatoms. The SMILES string of the molecule is Cc1ccc(OCCCn2cc(/C=C3/C(=O)NC(=O)N(c4ccc(F)cc4)C3=O)c3ccccc32)c(C)c1. The molecule has 192 valence electrons. The maximum Gasteiger partial charge on any atom is 0.335 e. The largest absolute Gasteiger partial charge is 0.493 e. The van der Waals surface area contributed by atoms with E-state index in [-0.39, 0.29) is 11.3 Å². The number of amides is 4. The summed E-state index contributed by atoms with van der Waals surface area (Å²) in [5.74, 6) is -1.20. The van der Waals surface area contributed by atoms with E-state index in [1.165, 1.54) is 23.8 Å². The molecule has 1 N–H and O–H groups in total. The lowest BCUT2D eigenvalue weighted by Crippen LogP contribution is -2.54. The van der Waals surface area contributed by atoms with Gasteiger partial charge in [0.25, 0.3) is 11.8 Å². The lowest BCUT2D eigenvalue weighted by Gasteiger charge is -2.26. The quantitative estimate of drug-likeness (QED) is 0.201. The van der Waals surface area contributed by atoms with E-state index in [1.54, 1.807) is 0 Å². The second kappa shape index (κ2) is 10.3. The predicted molar refractivity (Wildman–Crippen MR) is 143 cm³/mol. The van der Waals surface area contributed by atoms with Gasteiger partial charge in [-0.05, 0) is 68.3 Å². The van der Waals surface area contributed by atoms with Crippen molar-refractivity contribution in [3.8, 4) is 5.75 Å². The molecule has 1 aliphatic rings. The van der Waals surface area contributed by atoms with E-state index in [0.29, 0.717) is 18.7 Å². The Morgan fingerprint density at radius 1 is 0.974 bits per heavy atom. The molecule has 0 unspecified atom stereocenters. The molecule has 1 aliphatic heterocycles. The number of rotatable bonds is 7. The molecule has 0 saturated carbocycles. The number of aryl methyl sites for hydroxylation is 3. The summed E-state index contributed by atoms with van der Waals surface area (Å²) in [5.41, 5.74) is 3.87. The number of hydrogen-bond acceptors (Lipinski definition) is 4. The van der Waals surface area contributed by atoms with Crippen molar-refractivity contribution in [2.45, 2.75) is 26.8 Å². The first-order chi connectivity index (χ1) is 18.3. The Morgan fingerprint density at radius 3 is 2.50 bits per heavy atom. The molecule has 4 aromatic rings. The van der Waals surface area contributed by atoms with Crippen LogP contribution in [0, 0.1) is 19.7 Å². The number of nitrogens with one attached hydrogen (secondary N) is 1. The summed E-state index contributed by atoms with van der Waals surface area (Å²) in [5, 5.41) is 3.07. The Morgan fingerprint density at radius 2 is 1.74 bits per heavy atom. The van der Waals surface area contributed by atoms with Gasteiger partial charge >= 0.3 is 6.03 Å². The van der Waals surface area contributed by atoms with Crippen LogP contribution in [-0.2, 0) is 16.1 Å². The first kappa shape index (κ1) is 25.0. The van der Waals surface area contributed by atoms with Crippen molar-refractivity contribution in [3.05, 3.63) is 101 Å². The maximum absolute atomic E-state index is 13.4. The van der Waals surface area contributed by atoms with Gasteiger partial charge in [0.2, 0.25) is 0 Å². The number of fused-ring (bicyclic) bond motifs is 1. The van der Waals surface area contributed by atoms with Crippen molar-refractivity contribution < 1.29 is 23.5 Å². The van der Waals surface area contributed by atoms with Crippen molar-refractivity contribution in [1.29, 1.82) is 0 Å². The van der Waals surface area contributed by atoms with Crippen molar-refractivity contribution in [3.63, 3.8) is 0 Å². The molecule has 4 amide bonds. The fraction of sp³-hybridized carbons (Fsp3) is 0.167. The van der Waals surface area contributed by atoms with Gasteiger partial charge in [-0.2, -0.15) is 0 Å². The van der Waals surface area contributed by atoms with Crippen LogP contribution < -0.4 is 15.0 Å². The van der Waals surface area contributed by atoms with Gasteiger partial charge in [-0.25, -0.2) is 14.1 Å². The summed E-state index contributed by atoms with van der Waals surface area (Å²) >= 11 is 0. The van der Waals surface area contributed by atoms with E-state index in [2.05, 4.69) is 16.0 Å². The molecule has 7 nitrogen and oxygen atoms in total. The molecular weight excluding hydrogens is 485 g/mol. The van der Waals surface area contributed by atoms with E-state index in [4.69, 9.17) is 4.74 Å². The van der Waals surface area contributed by atoms with Gasteiger partial charge in [0.15, 0.2) is 0 Å². The lowest BCUT2D eigenvalue weighted by molar-refractivity contribution is -0.122. The van der Waals surface area contributed by atoms with Crippen molar-refractivity contribution in [1.82, 2.24) is 9.88 Å². The Hall–Kier alpha value is -4.72. The standard InChI is InChI=1S/C30H26FN3O4/c1-19-8-13-27(20(2)16-19)38-15-5-14-33-18-21(24-6-3-4-7-26(24)33)17-25-28(35)32-30(37)34(29(25)36)23-11-9-22(31)10-12-23/h3-4,6-13,16-18H,5,14-15H2,1-2H3,(H,32,35,37)/b25-17-. The minimum atomic E-state index is -0.880. The number of ether oxygens (including phenoxy) is 1. The molecule has 5 rings (SSSR count). The van der Waals surface area contributed by atoms with Crippen LogP contribution in [0.25, 0.3) is 17.0 Å². The number of imide groups is 2. The average Bonchev–Trinajstić information content (AvgIpc) is 3.24. The summed E-state index contributed by atoms with van der Waals surface area (Å²) in [6.45, 7) is 5.26. The zero-order valence-corrected chi connectivity index (χ0v) is 21.0. The van der Waals surface area contributed by atoms with Crippen LogP contribution in [0.4, 0.5) is 14.9 Å². The van der Waals surface area contributed by atoms with Crippen molar-refractivity contribution >= 4 is 40.5 Å². The number of aromatic nitrogens is 1. The van der Waals surface area contributed by atoms with Crippen LogP contribution in [0.3, 0.4) is 0 Å². The summed E-state index contributed by atoms with van der Waals surface area (Å²) in [4.78, 5) is 39.2. The predicted octanol–water partition coefficient (Wildman–Crippen LogP) is 5.53. The van der Waals surface area contributed by atoms with Crippen LogP contribution in [0.5, 0.6) is 5.75 Å². The average molecular weight is 512 g/mol. The minimum absolute atomic E-state index is 0.165. The number of anilines is 1. The van der Waals surface area contributed by atoms with Gasteiger partial charge in [-0.1, -0.05) is 35.9 Å². The van der Waals surface area contributed by atoms with Crippen LogP contribution in [-0.4, -0.2) is 29.0 Å². The number of barbiturate groups is 1. The van der Waals surface area contributed by atoms with E-state index >= 15 is 0 Å². The molecule has 3 aromatic carbocycles. The van der Waals surface area contributed by atoms with E-state index in [1.807, 2.05) is 56.4 Å².